The van der Waals surface area contributed by atoms with Gasteiger partial charge in [-0.1, -0.05) is 13.8 Å². The smallest absolute Gasteiger partial charge is 0.195 e. The Balaban J connectivity index is 2.53. The van der Waals surface area contributed by atoms with E-state index in [2.05, 4.69) is 10.2 Å². The molecular formula is C12H13F2N3S. The topological polar surface area (TPSA) is 33.6 Å². The van der Waals surface area contributed by atoms with Crippen LogP contribution in [0.15, 0.2) is 18.2 Å². The molecule has 2 aromatic rings. The fourth-order valence-corrected chi connectivity index (χ4v) is 1.96. The lowest BCUT2D eigenvalue weighted by atomic mass is 10.2. The van der Waals surface area contributed by atoms with Crippen LogP contribution >= 0.6 is 12.2 Å². The zero-order valence-electron chi connectivity index (χ0n) is 10.1. The molecule has 0 saturated carbocycles. The molecule has 0 bridgehead atoms. The molecule has 0 aliphatic carbocycles. The summed E-state index contributed by atoms with van der Waals surface area (Å²) in [5, 5.41) is 6.68. The van der Waals surface area contributed by atoms with Gasteiger partial charge in [0.1, 0.15) is 11.6 Å². The van der Waals surface area contributed by atoms with E-state index in [0.29, 0.717) is 28.6 Å². The Hall–Kier alpha value is -1.56. The fraction of sp³-hybridized carbons (Fsp3) is 0.333. The summed E-state index contributed by atoms with van der Waals surface area (Å²) in [7, 11) is 0. The average molecular weight is 269 g/mol. The van der Waals surface area contributed by atoms with E-state index in [-0.39, 0.29) is 0 Å². The van der Waals surface area contributed by atoms with E-state index < -0.39 is 11.6 Å². The van der Waals surface area contributed by atoms with Crippen molar-refractivity contribution in [2.45, 2.75) is 20.4 Å². The molecule has 1 heterocycles. The number of hydrogen-bond donors (Lipinski definition) is 1. The molecule has 1 aromatic heterocycles. The molecule has 0 atom stereocenters. The summed E-state index contributed by atoms with van der Waals surface area (Å²) >= 11 is 5.11. The molecule has 0 radical (unpaired) electrons. The summed E-state index contributed by atoms with van der Waals surface area (Å²) in [6.45, 7) is 4.71. The normalized spacial score (nSPS) is 11.2. The van der Waals surface area contributed by atoms with Crippen LogP contribution in [0.25, 0.3) is 11.4 Å². The van der Waals surface area contributed by atoms with E-state index in [4.69, 9.17) is 12.2 Å². The molecule has 3 nitrogen and oxygen atoms in total. The maximum atomic E-state index is 13.2. The van der Waals surface area contributed by atoms with E-state index in [1.54, 1.807) is 4.57 Å². The average Bonchev–Trinajstić information content (AvgIpc) is 2.58. The highest BCUT2D eigenvalue weighted by Gasteiger charge is 2.12. The monoisotopic (exact) mass is 269 g/mol. The lowest BCUT2D eigenvalue weighted by Gasteiger charge is -2.09. The number of benzene rings is 1. The zero-order valence-corrected chi connectivity index (χ0v) is 10.9. The molecule has 6 heteroatoms. The Kier molecular flexibility index (Phi) is 3.56. The molecule has 2 rings (SSSR count). The maximum absolute atomic E-state index is 13.2. The van der Waals surface area contributed by atoms with E-state index in [9.17, 15) is 8.78 Å². The van der Waals surface area contributed by atoms with Gasteiger partial charge in [-0.2, -0.15) is 5.10 Å². The van der Waals surface area contributed by atoms with Crippen LogP contribution in [0.3, 0.4) is 0 Å². The second-order valence-electron chi connectivity index (χ2n) is 4.51. The second kappa shape index (κ2) is 4.97. The number of aromatic nitrogens is 3. The molecule has 0 saturated heterocycles. The van der Waals surface area contributed by atoms with Crippen molar-refractivity contribution in [1.29, 1.82) is 0 Å². The predicted octanol–water partition coefficient (Wildman–Crippen LogP) is 3.54. The number of halogens is 2. The van der Waals surface area contributed by atoms with Gasteiger partial charge < -0.3 is 0 Å². The van der Waals surface area contributed by atoms with Gasteiger partial charge in [-0.3, -0.25) is 9.67 Å². The van der Waals surface area contributed by atoms with Crippen molar-refractivity contribution in [3.63, 3.8) is 0 Å². The lowest BCUT2D eigenvalue weighted by molar-refractivity contribution is 0.521. The highest BCUT2D eigenvalue weighted by atomic mass is 32.1. The van der Waals surface area contributed by atoms with Crippen LogP contribution in [-0.2, 0) is 6.54 Å². The van der Waals surface area contributed by atoms with E-state index in [1.807, 2.05) is 13.8 Å². The number of nitrogens with one attached hydrogen (secondary N) is 1. The number of rotatable bonds is 3. The van der Waals surface area contributed by atoms with Gasteiger partial charge in [0.25, 0.3) is 0 Å². The molecule has 1 aromatic carbocycles. The molecule has 1 N–H and O–H groups in total. The summed E-state index contributed by atoms with van der Waals surface area (Å²) in [6.07, 6.45) is 0. The fourth-order valence-electron chi connectivity index (χ4n) is 1.76. The third-order valence-electron chi connectivity index (χ3n) is 2.43. The van der Waals surface area contributed by atoms with Crippen LogP contribution < -0.4 is 0 Å². The summed E-state index contributed by atoms with van der Waals surface area (Å²) < 4.78 is 28.6. The molecule has 0 aliphatic rings. The SMILES string of the molecule is CC(C)Cn1c(-c2cc(F)cc(F)c2)n[nH]c1=S. The number of nitrogens with zero attached hydrogens (tertiary/aromatic N) is 2. The minimum Gasteiger partial charge on any atom is -0.300 e. The van der Waals surface area contributed by atoms with E-state index in [1.165, 1.54) is 12.1 Å². The van der Waals surface area contributed by atoms with Gasteiger partial charge in [0, 0.05) is 18.2 Å². The zero-order chi connectivity index (χ0) is 13.3. The first kappa shape index (κ1) is 12.9. The maximum Gasteiger partial charge on any atom is 0.195 e. The van der Waals surface area contributed by atoms with Crippen molar-refractivity contribution in [3.05, 3.63) is 34.6 Å². The molecule has 0 fully saturated rings. The number of H-pyrrole nitrogens is 1. The van der Waals surface area contributed by atoms with Crippen LogP contribution in [0, 0.1) is 22.3 Å². The highest BCUT2D eigenvalue weighted by Crippen LogP contribution is 2.20. The first-order chi connectivity index (χ1) is 8.47. The van der Waals surface area contributed by atoms with Crippen molar-refractivity contribution in [1.82, 2.24) is 14.8 Å². The molecular weight excluding hydrogens is 256 g/mol. The summed E-state index contributed by atoms with van der Waals surface area (Å²) in [6, 6.07) is 3.31. The molecule has 96 valence electrons. The molecule has 0 amide bonds. The third-order valence-corrected chi connectivity index (χ3v) is 2.74. The largest absolute Gasteiger partial charge is 0.300 e. The van der Waals surface area contributed by atoms with Crippen LogP contribution in [-0.4, -0.2) is 14.8 Å². The van der Waals surface area contributed by atoms with Gasteiger partial charge >= 0.3 is 0 Å². The minimum absolute atomic E-state index is 0.353. The van der Waals surface area contributed by atoms with E-state index in [0.717, 1.165) is 6.07 Å². The van der Waals surface area contributed by atoms with Gasteiger partial charge in [-0.25, -0.2) is 8.78 Å². The highest BCUT2D eigenvalue weighted by molar-refractivity contribution is 7.71. The van der Waals surface area contributed by atoms with Gasteiger partial charge in [0.05, 0.1) is 0 Å². The van der Waals surface area contributed by atoms with Gasteiger partial charge in [-0.05, 0) is 30.3 Å². The number of aromatic amines is 1. The van der Waals surface area contributed by atoms with Crippen molar-refractivity contribution in [3.8, 4) is 11.4 Å². The van der Waals surface area contributed by atoms with Crippen molar-refractivity contribution in [2.75, 3.05) is 0 Å². The van der Waals surface area contributed by atoms with Crippen LogP contribution in [0.5, 0.6) is 0 Å². The van der Waals surface area contributed by atoms with Crippen LogP contribution in [0.2, 0.25) is 0 Å². The molecule has 0 unspecified atom stereocenters. The summed E-state index contributed by atoms with van der Waals surface area (Å²) in [5.41, 5.74) is 0.375. The van der Waals surface area contributed by atoms with Gasteiger partial charge in [-0.15, -0.1) is 0 Å². The number of hydrogen-bond acceptors (Lipinski definition) is 2. The molecule has 0 spiro atoms. The quantitative estimate of drug-likeness (QED) is 0.865. The Morgan fingerprint density at radius 2 is 1.89 bits per heavy atom. The third kappa shape index (κ3) is 2.64. The second-order valence-corrected chi connectivity index (χ2v) is 4.90. The van der Waals surface area contributed by atoms with Crippen LogP contribution in [0.4, 0.5) is 8.78 Å². The van der Waals surface area contributed by atoms with Crippen LogP contribution in [0.1, 0.15) is 13.8 Å². The first-order valence-corrected chi connectivity index (χ1v) is 6.00. The minimum atomic E-state index is -0.630. The van der Waals surface area contributed by atoms with Gasteiger partial charge in [0.15, 0.2) is 10.6 Å². The Bertz CT molecular complexity index is 596. The molecule has 18 heavy (non-hydrogen) atoms. The lowest BCUT2D eigenvalue weighted by Crippen LogP contribution is -2.06. The predicted molar refractivity (Wildman–Crippen MR) is 67.6 cm³/mol. The summed E-state index contributed by atoms with van der Waals surface area (Å²) in [5.74, 6) is -0.455. The Morgan fingerprint density at radius 3 is 2.44 bits per heavy atom. The van der Waals surface area contributed by atoms with Crippen molar-refractivity contribution in [2.24, 2.45) is 5.92 Å². The van der Waals surface area contributed by atoms with Crippen molar-refractivity contribution < 1.29 is 8.78 Å². The first-order valence-electron chi connectivity index (χ1n) is 5.59. The summed E-state index contributed by atoms with van der Waals surface area (Å²) in [4.78, 5) is 0. The molecule has 0 aliphatic heterocycles. The van der Waals surface area contributed by atoms with Gasteiger partial charge in [0.2, 0.25) is 0 Å². The Labute approximate surface area is 108 Å². The van der Waals surface area contributed by atoms with E-state index >= 15 is 0 Å². The Morgan fingerprint density at radius 1 is 1.28 bits per heavy atom. The van der Waals surface area contributed by atoms with Crippen molar-refractivity contribution >= 4 is 12.2 Å². The standard InChI is InChI=1S/C12H13F2N3S/c1-7(2)6-17-11(15-16-12(17)18)8-3-9(13)5-10(14)4-8/h3-5,7H,6H2,1-2H3,(H,16,18).